The number of hydrogen-bond donors (Lipinski definition) is 2. The normalized spacial score (nSPS) is 12.8. The van der Waals surface area contributed by atoms with Gasteiger partial charge in [-0.25, -0.2) is 4.98 Å². The van der Waals surface area contributed by atoms with Gasteiger partial charge >= 0.3 is 0 Å². The molecule has 0 amide bonds. The zero-order valence-electron chi connectivity index (χ0n) is 10.9. The number of unbranched alkanes of at least 4 members (excludes halogenated alkanes) is 1. The van der Waals surface area contributed by atoms with Gasteiger partial charge in [0.25, 0.3) is 0 Å². The summed E-state index contributed by atoms with van der Waals surface area (Å²) in [4.78, 5) is 4.05. The number of ether oxygens (including phenoxy) is 2. The van der Waals surface area contributed by atoms with E-state index in [2.05, 4.69) is 4.98 Å². The van der Waals surface area contributed by atoms with Gasteiger partial charge in [0.1, 0.15) is 0 Å². The molecule has 1 heterocycles. The van der Waals surface area contributed by atoms with Gasteiger partial charge in [-0.2, -0.15) is 0 Å². The van der Waals surface area contributed by atoms with Crippen molar-refractivity contribution in [3.63, 3.8) is 0 Å². The number of aryl methyl sites for hydroxylation is 1. The second kappa shape index (κ2) is 9.04. The molecule has 0 aliphatic rings. The molecular formula is C12H23N3O3. The number of rotatable bonds is 10. The Hall–Kier alpha value is -0.950. The Morgan fingerprint density at radius 1 is 1.39 bits per heavy atom. The van der Waals surface area contributed by atoms with Gasteiger partial charge in [-0.3, -0.25) is 0 Å². The molecule has 18 heavy (non-hydrogen) atoms. The maximum atomic E-state index is 9.03. The lowest BCUT2D eigenvalue weighted by atomic mass is 10.2. The summed E-state index contributed by atoms with van der Waals surface area (Å²) in [6.45, 7) is 2.79. The number of imidazole rings is 1. The highest BCUT2D eigenvalue weighted by Gasteiger charge is 2.09. The van der Waals surface area contributed by atoms with Gasteiger partial charge in [-0.15, -0.1) is 0 Å². The fourth-order valence-electron chi connectivity index (χ4n) is 1.65. The summed E-state index contributed by atoms with van der Waals surface area (Å²) in [5.41, 5.74) is 6.65. The van der Waals surface area contributed by atoms with Gasteiger partial charge in [0.2, 0.25) is 0 Å². The number of hydrogen-bond acceptors (Lipinski definition) is 5. The predicted octanol–water partition coefficient (Wildman–Crippen LogP) is 0.318. The summed E-state index contributed by atoms with van der Waals surface area (Å²) in [5.74, 6) is 0. The molecule has 104 valence electrons. The first-order chi connectivity index (χ1) is 8.79. The summed E-state index contributed by atoms with van der Waals surface area (Å²) >= 11 is 0. The van der Waals surface area contributed by atoms with E-state index in [1.54, 1.807) is 19.6 Å². The molecule has 3 N–H and O–H groups in total. The van der Waals surface area contributed by atoms with Crippen molar-refractivity contribution in [2.75, 3.05) is 33.5 Å². The van der Waals surface area contributed by atoms with Crippen LogP contribution in [0.2, 0.25) is 0 Å². The summed E-state index contributed by atoms with van der Waals surface area (Å²) in [6, 6.07) is -0.356. The standard InChI is InChI=1S/C12H23N3O3/c1-17-6-7-18-5-3-2-4-15-10-14-8-12(15)11(13)9-16/h8,10-11,16H,2-7,9,13H2,1H3. The first-order valence-corrected chi connectivity index (χ1v) is 6.22. The van der Waals surface area contributed by atoms with E-state index in [0.717, 1.165) is 31.7 Å². The maximum absolute atomic E-state index is 9.03. The topological polar surface area (TPSA) is 82.5 Å². The molecule has 0 aliphatic carbocycles. The van der Waals surface area contributed by atoms with Crippen molar-refractivity contribution < 1.29 is 14.6 Å². The molecule has 6 heteroatoms. The van der Waals surface area contributed by atoms with Crippen LogP contribution in [-0.2, 0) is 16.0 Å². The van der Waals surface area contributed by atoms with Gasteiger partial charge in [0, 0.05) is 26.5 Å². The van der Waals surface area contributed by atoms with Crippen molar-refractivity contribution >= 4 is 0 Å². The average Bonchev–Trinajstić information content (AvgIpc) is 2.85. The number of methoxy groups -OCH3 is 1. The van der Waals surface area contributed by atoms with E-state index in [-0.39, 0.29) is 12.6 Å². The van der Waals surface area contributed by atoms with Crippen molar-refractivity contribution in [2.45, 2.75) is 25.4 Å². The highest BCUT2D eigenvalue weighted by Crippen LogP contribution is 2.10. The Kier molecular flexibility index (Phi) is 7.59. The SMILES string of the molecule is COCCOCCCCn1cncc1C(N)CO. The molecule has 0 radical (unpaired) electrons. The van der Waals surface area contributed by atoms with Crippen molar-refractivity contribution in [1.29, 1.82) is 0 Å². The van der Waals surface area contributed by atoms with Crippen LogP contribution in [0.25, 0.3) is 0 Å². The maximum Gasteiger partial charge on any atom is 0.0948 e. The second-order valence-corrected chi connectivity index (χ2v) is 4.11. The number of nitrogens with zero attached hydrogens (tertiary/aromatic N) is 2. The molecule has 0 bridgehead atoms. The molecule has 1 rings (SSSR count). The molecule has 6 nitrogen and oxygen atoms in total. The Morgan fingerprint density at radius 3 is 2.94 bits per heavy atom. The quantitative estimate of drug-likeness (QED) is 0.590. The smallest absolute Gasteiger partial charge is 0.0948 e. The fourth-order valence-corrected chi connectivity index (χ4v) is 1.65. The number of aliphatic hydroxyl groups excluding tert-OH is 1. The van der Waals surface area contributed by atoms with E-state index in [4.69, 9.17) is 20.3 Å². The lowest BCUT2D eigenvalue weighted by Gasteiger charge is -2.12. The van der Waals surface area contributed by atoms with Crippen LogP contribution in [0.5, 0.6) is 0 Å². The summed E-state index contributed by atoms with van der Waals surface area (Å²) in [7, 11) is 1.66. The minimum absolute atomic E-state index is 0.0637. The predicted molar refractivity (Wildman–Crippen MR) is 68.2 cm³/mol. The van der Waals surface area contributed by atoms with Crippen LogP contribution in [0.1, 0.15) is 24.6 Å². The van der Waals surface area contributed by atoms with Crippen LogP contribution >= 0.6 is 0 Å². The third kappa shape index (κ3) is 5.14. The molecule has 0 fully saturated rings. The molecule has 0 aromatic carbocycles. The van der Waals surface area contributed by atoms with Crippen LogP contribution in [0, 0.1) is 0 Å². The van der Waals surface area contributed by atoms with Crippen molar-refractivity contribution in [3.8, 4) is 0 Å². The van der Waals surface area contributed by atoms with Crippen LogP contribution < -0.4 is 5.73 Å². The molecule has 1 atom stereocenters. The van der Waals surface area contributed by atoms with Crippen LogP contribution in [0.3, 0.4) is 0 Å². The van der Waals surface area contributed by atoms with E-state index in [0.29, 0.717) is 13.2 Å². The Labute approximate surface area is 108 Å². The van der Waals surface area contributed by atoms with Crippen molar-refractivity contribution in [3.05, 3.63) is 18.2 Å². The Balaban J connectivity index is 2.17. The van der Waals surface area contributed by atoms with Gasteiger partial charge in [0.05, 0.1) is 37.9 Å². The van der Waals surface area contributed by atoms with Gasteiger partial charge in [-0.05, 0) is 12.8 Å². The van der Waals surface area contributed by atoms with E-state index >= 15 is 0 Å². The minimum Gasteiger partial charge on any atom is -0.394 e. The highest BCUT2D eigenvalue weighted by atomic mass is 16.5. The van der Waals surface area contributed by atoms with Crippen LogP contribution in [0.4, 0.5) is 0 Å². The molecule has 0 spiro atoms. The number of aliphatic hydroxyl groups is 1. The third-order valence-electron chi connectivity index (χ3n) is 2.69. The van der Waals surface area contributed by atoms with E-state index in [1.807, 2.05) is 4.57 Å². The third-order valence-corrected chi connectivity index (χ3v) is 2.69. The van der Waals surface area contributed by atoms with Crippen LogP contribution in [0.15, 0.2) is 12.5 Å². The Morgan fingerprint density at radius 2 is 2.22 bits per heavy atom. The Bertz CT molecular complexity index is 317. The van der Waals surface area contributed by atoms with E-state index in [9.17, 15) is 0 Å². The van der Waals surface area contributed by atoms with Crippen molar-refractivity contribution in [2.24, 2.45) is 5.73 Å². The van der Waals surface area contributed by atoms with E-state index in [1.165, 1.54) is 0 Å². The van der Waals surface area contributed by atoms with Gasteiger partial charge < -0.3 is 24.9 Å². The summed E-state index contributed by atoms with van der Waals surface area (Å²) in [6.07, 6.45) is 5.43. The molecule has 1 unspecified atom stereocenters. The number of aromatic nitrogens is 2. The first kappa shape index (κ1) is 15.1. The summed E-state index contributed by atoms with van der Waals surface area (Å²) in [5, 5.41) is 9.03. The van der Waals surface area contributed by atoms with Crippen molar-refractivity contribution in [1.82, 2.24) is 9.55 Å². The molecule has 0 saturated carbocycles. The lowest BCUT2D eigenvalue weighted by molar-refractivity contribution is 0.0684. The first-order valence-electron chi connectivity index (χ1n) is 6.22. The molecular weight excluding hydrogens is 234 g/mol. The molecule has 1 aromatic rings. The second-order valence-electron chi connectivity index (χ2n) is 4.11. The lowest BCUT2D eigenvalue weighted by Crippen LogP contribution is -2.18. The average molecular weight is 257 g/mol. The largest absolute Gasteiger partial charge is 0.394 e. The monoisotopic (exact) mass is 257 g/mol. The van der Waals surface area contributed by atoms with Gasteiger partial charge in [-0.1, -0.05) is 0 Å². The number of nitrogens with two attached hydrogens (primary N) is 1. The zero-order chi connectivity index (χ0) is 13.2. The highest BCUT2D eigenvalue weighted by molar-refractivity contribution is 5.04. The fraction of sp³-hybridized carbons (Fsp3) is 0.750. The van der Waals surface area contributed by atoms with E-state index < -0.39 is 0 Å². The minimum atomic E-state index is -0.356. The summed E-state index contributed by atoms with van der Waals surface area (Å²) < 4.78 is 12.2. The molecule has 1 aromatic heterocycles. The zero-order valence-corrected chi connectivity index (χ0v) is 10.9. The van der Waals surface area contributed by atoms with Crippen LogP contribution in [-0.4, -0.2) is 48.2 Å². The molecule has 0 saturated heterocycles. The van der Waals surface area contributed by atoms with Gasteiger partial charge in [0.15, 0.2) is 0 Å². The molecule has 0 aliphatic heterocycles.